The number of nitrogens with two attached hydrogens (primary N) is 1. The van der Waals surface area contributed by atoms with Crippen molar-refractivity contribution < 1.29 is 9.53 Å². The van der Waals surface area contributed by atoms with Gasteiger partial charge in [-0.2, -0.15) is 0 Å². The number of hydrogen-bond donors (Lipinski definition) is 1. The summed E-state index contributed by atoms with van der Waals surface area (Å²) in [6.45, 7) is 5.76. The minimum atomic E-state index is -0.251. The Balaban J connectivity index is 2.12. The molecule has 1 aliphatic rings. The number of amides is 1. The number of rotatable bonds is 4. The molecule has 1 aromatic rings. The molecule has 0 bridgehead atoms. The first-order valence-electron chi connectivity index (χ1n) is 7.35. The summed E-state index contributed by atoms with van der Waals surface area (Å²) in [6.07, 6.45) is 1.15. The molecule has 2 rings (SSSR count). The molecule has 3 atom stereocenters. The molecule has 4 heteroatoms. The lowest BCUT2D eigenvalue weighted by Gasteiger charge is -2.38. The molecule has 0 aromatic heterocycles. The molecular weight excluding hydrogens is 252 g/mol. The highest BCUT2D eigenvalue weighted by atomic mass is 16.5. The molecule has 3 unspecified atom stereocenters. The van der Waals surface area contributed by atoms with Gasteiger partial charge in [-0.3, -0.25) is 4.79 Å². The molecule has 1 aliphatic heterocycles. The van der Waals surface area contributed by atoms with Crippen LogP contribution in [0.25, 0.3) is 0 Å². The van der Waals surface area contributed by atoms with Crippen LogP contribution in [0, 0.1) is 0 Å². The Bertz CT molecular complexity index is 435. The maximum Gasteiger partial charge on any atom is 0.231 e. The van der Waals surface area contributed by atoms with Gasteiger partial charge in [0.15, 0.2) is 0 Å². The average molecular weight is 276 g/mol. The number of ether oxygens (including phenoxy) is 1. The normalized spacial score (nSPS) is 24.4. The third-order valence-corrected chi connectivity index (χ3v) is 3.83. The Morgan fingerprint density at radius 1 is 1.40 bits per heavy atom. The quantitative estimate of drug-likeness (QED) is 0.911. The fourth-order valence-electron chi connectivity index (χ4n) is 2.74. The summed E-state index contributed by atoms with van der Waals surface area (Å²) >= 11 is 0. The second kappa shape index (κ2) is 6.86. The Morgan fingerprint density at radius 3 is 2.70 bits per heavy atom. The second-order valence-corrected chi connectivity index (χ2v) is 5.42. The average Bonchev–Trinajstić information content (AvgIpc) is 2.48. The first-order chi connectivity index (χ1) is 9.65. The zero-order valence-corrected chi connectivity index (χ0v) is 12.3. The smallest absolute Gasteiger partial charge is 0.231 e. The van der Waals surface area contributed by atoms with Crippen molar-refractivity contribution in [1.82, 2.24) is 4.90 Å². The molecule has 0 spiro atoms. The van der Waals surface area contributed by atoms with Crippen LogP contribution in [-0.2, 0) is 9.53 Å². The van der Waals surface area contributed by atoms with Crippen molar-refractivity contribution in [1.29, 1.82) is 0 Å². The van der Waals surface area contributed by atoms with E-state index in [4.69, 9.17) is 10.5 Å². The highest BCUT2D eigenvalue weighted by Crippen LogP contribution is 2.21. The van der Waals surface area contributed by atoms with Crippen molar-refractivity contribution >= 4 is 5.91 Å². The fourth-order valence-corrected chi connectivity index (χ4v) is 2.74. The van der Waals surface area contributed by atoms with Crippen LogP contribution in [0.2, 0.25) is 0 Å². The highest BCUT2D eigenvalue weighted by molar-refractivity contribution is 5.84. The summed E-state index contributed by atoms with van der Waals surface area (Å²) in [5.74, 6) is -0.133. The zero-order valence-electron chi connectivity index (χ0n) is 12.3. The van der Waals surface area contributed by atoms with E-state index in [-0.39, 0.29) is 24.0 Å². The van der Waals surface area contributed by atoms with Crippen molar-refractivity contribution in [2.45, 2.75) is 38.4 Å². The van der Waals surface area contributed by atoms with Gasteiger partial charge >= 0.3 is 0 Å². The second-order valence-electron chi connectivity index (χ2n) is 5.42. The highest BCUT2D eigenvalue weighted by Gasteiger charge is 2.31. The molecule has 1 saturated heterocycles. The Labute approximate surface area is 120 Å². The summed E-state index contributed by atoms with van der Waals surface area (Å²) in [6, 6.07) is 9.78. The van der Waals surface area contributed by atoms with Crippen LogP contribution >= 0.6 is 0 Å². The predicted octanol–water partition coefficient (Wildman–Crippen LogP) is 1.75. The van der Waals surface area contributed by atoms with Gasteiger partial charge in [0.1, 0.15) is 0 Å². The maximum absolute atomic E-state index is 12.7. The summed E-state index contributed by atoms with van der Waals surface area (Å²) in [5.41, 5.74) is 6.83. The van der Waals surface area contributed by atoms with E-state index in [2.05, 4.69) is 6.92 Å². The van der Waals surface area contributed by atoms with Crippen molar-refractivity contribution in [3.8, 4) is 0 Å². The van der Waals surface area contributed by atoms with Crippen LogP contribution in [0.3, 0.4) is 0 Å². The van der Waals surface area contributed by atoms with Gasteiger partial charge in [0.25, 0.3) is 0 Å². The Kier molecular flexibility index (Phi) is 5.15. The number of carbonyl (C=O) groups excluding carboxylic acids is 1. The molecule has 2 N–H and O–H groups in total. The van der Waals surface area contributed by atoms with Gasteiger partial charge in [0, 0.05) is 19.6 Å². The first kappa shape index (κ1) is 15.0. The molecule has 1 fully saturated rings. The topological polar surface area (TPSA) is 55.6 Å². The monoisotopic (exact) mass is 276 g/mol. The molecule has 0 saturated carbocycles. The molecule has 1 aromatic carbocycles. The Morgan fingerprint density at radius 2 is 2.10 bits per heavy atom. The van der Waals surface area contributed by atoms with Crippen LogP contribution in [0.5, 0.6) is 0 Å². The molecular formula is C16H24N2O2. The first-order valence-corrected chi connectivity index (χ1v) is 7.35. The molecule has 1 amide bonds. The largest absolute Gasteiger partial charge is 0.372 e. The number of hydrogen-bond acceptors (Lipinski definition) is 3. The van der Waals surface area contributed by atoms with Crippen molar-refractivity contribution in [3.63, 3.8) is 0 Å². The minimum Gasteiger partial charge on any atom is -0.372 e. The molecule has 0 aliphatic carbocycles. The van der Waals surface area contributed by atoms with E-state index in [1.165, 1.54) is 0 Å². The summed E-state index contributed by atoms with van der Waals surface area (Å²) in [5, 5.41) is 0. The molecule has 20 heavy (non-hydrogen) atoms. The third-order valence-electron chi connectivity index (χ3n) is 3.83. The van der Waals surface area contributed by atoms with Crippen LogP contribution in [0.1, 0.15) is 31.7 Å². The van der Waals surface area contributed by atoms with Crippen LogP contribution < -0.4 is 5.73 Å². The van der Waals surface area contributed by atoms with Gasteiger partial charge < -0.3 is 15.4 Å². The maximum atomic E-state index is 12.7. The fraction of sp³-hybridized carbons (Fsp3) is 0.562. The molecule has 0 radical (unpaired) electrons. The Hall–Kier alpha value is -1.39. The lowest BCUT2D eigenvalue weighted by molar-refractivity contribution is -0.145. The molecule has 110 valence electrons. The summed E-state index contributed by atoms with van der Waals surface area (Å²) < 4.78 is 5.81. The van der Waals surface area contributed by atoms with E-state index in [1.807, 2.05) is 42.2 Å². The van der Waals surface area contributed by atoms with E-state index >= 15 is 0 Å². The number of nitrogens with zero attached hydrogens (tertiary/aromatic N) is 1. The van der Waals surface area contributed by atoms with Crippen LogP contribution in [0.15, 0.2) is 30.3 Å². The number of carbonyl (C=O) groups is 1. The van der Waals surface area contributed by atoms with Crippen molar-refractivity contribution in [3.05, 3.63) is 35.9 Å². The zero-order chi connectivity index (χ0) is 14.5. The third kappa shape index (κ3) is 3.38. The number of morpholine rings is 1. The van der Waals surface area contributed by atoms with E-state index in [0.717, 1.165) is 12.0 Å². The predicted molar refractivity (Wildman–Crippen MR) is 79.4 cm³/mol. The minimum absolute atomic E-state index is 0.0897. The summed E-state index contributed by atoms with van der Waals surface area (Å²) in [7, 11) is 0. The molecule has 1 heterocycles. The van der Waals surface area contributed by atoms with E-state index < -0.39 is 0 Å². The summed E-state index contributed by atoms with van der Waals surface area (Å²) in [4.78, 5) is 14.6. The van der Waals surface area contributed by atoms with Gasteiger partial charge in [0.05, 0.1) is 18.1 Å². The van der Waals surface area contributed by atoms with Gasteiger partial charge in [-0.25, -0.2) is 0 Å². The van der Waals surface area contributed by atoms with Gasteiger partial charge in [-0.1, -0.05) is 37.3 Å². The number of benzene rings is 1. The van der Waals surface area contributed by atoms with E-state index in [1.54, 1.807) is 0 Å². The van der Waals surface area contributed by atoms with Gasteiger partial charge in [0.2, 0.25) is 5.91 Å². The lowest BCUT2D eigenvalue weighted by atomic mass is 9.97. The lowest BCUT2D eigenvalue weighted by Crippen LogP contribution is -2.51. The van der Waals surface area contributed by atoms with Crippen molar-refractivity contribution in [2.75, 3.05) is 19.6 Å². The standard InChI is InChI=1S/C16H24N2O2/c1-3-14-11-18(10-12(2)20-14)16(19)15(9-17)13-7-5-4-6-8-13/h4-8,12,14-15H,3,9-11,17H2,1-2H3. The van der Waals surface area contributed by atoms with Crippen LogP contribution in [0.4, 0.5) is 0 Å². The SMILES string of the molecule is CCC1CN(C(=O)C(CN)c2ccccc2)CC(C)O1. The molecule has 4 nitrogen and oxygen atoms in total. The van der Waals surface area contributed by atoms with Gasteiger partial charge in [-0.15, -0.1) is 0 Å². The van der Waals surface area contributed by atoms with Crippen LogP contribution in [-0.4, -0.2) is 42.6 Å². The van der Waals surface area contributed by atoms with Gasteiger partial charge in [-0.05, 0) is 18.9 Å². The van der Waals surface area contributed by atoms with Crippen molar-refractivity contribution in [2.24, 2.45) is 5.73 Å². The van der Waals surface area contributed by atoms with E-state index in [9.17, 15) is 4.79 Å². The van der Waals surface area contributed by atoms with E-state index in [0.29, 0.717) is 19.6 Å².